The normalized spacial score (nSPS) is 49.5. The van der Waals surface area contributed by atoms with Crippen LogP contribution >= 0.6 is 0 Å². The molecule has 4 heteroatoms. The molecule has 0 N–H and O–H groups in total. The summed E-state index contributed by atoms with van der Waals surface area (Å²) in [5.74, 6) is 5.45. The van der Waals surface area contributed by atoms with Crippen LogP contribution in [-0.4, -0.2) is 49.8 Å². The maximum absolute atomic E-state index is 12.3. The van der Waals surface area contributed by atoms with Gasteiger partial charge in [-0.25, -0.2) is 0 Å². The third-order valence-corrected chi connectivity index (χ3v) is 7.41. The summed E-state index contributed by atoms with van der Waals surface area (Å²) >= 11 is 0. The van der Waals surface area contributed by atoms with E-state index in [-0.39, 0.29) is 12.1 Å². The van der Waals surface area contributed by atoms with E-state index in [1.54, 1.807) is 0 Å². The number of nitrogens with zero attached hydrogens (tertiary/aromatic N) is 1. The van der Waals surface area contributed by atoms with Crippen LogP contribution in [0.15, 0.2) is 0 Å². The molecule has 0 radical (unpaired) electrons. The van der Waals surface area contributed by atoms with E-state index in [0.29, 0.717) is 12.5 Å². The zero-order chi connectivity index (χ0) is 14.7. The lowest BCUT2D eigenvalue weighted by Gasteiger charge is -2.38. The van der Waals surface area contributed by atoms with Gasteiger partial charge in [0.2, 0.25) is 0 Å². The zero-order valence-electron chi connectivity index (χ0n) is 13.3. The molecule has 4 saturated carbocycles. The maximum Gasteiger partial charge on any atom is 0.320 e. The summed E-state index contributed by atoms with van der Waals surface area (Å²) in [5.41, 5.74) is 0. The fraction of sp³-hybridized carbons (Fsp3) is 0.944. The zero-order valence-corrected chi connectivity index (χ0v) is 13.3. The molecule has 22 heavy (non-hydrogen) atoms. The van der Waals surface area contributed by atoms with Crippen molar-refractivity contribution in [1.29, 1.82) is 0 Å². The fourth-order valence-corrected chi connectivity index (χ4v) is 6.79. The summed E-state index contributed by atoms with van der Waals surface area (Å²) in [6.45, 7) is 3.67. The van der Waals surface area contributed by atoms with Gasteiger partial charge in [0.25, 0.3) is 0 Å². The van der Waals surface area contributed by atoms with Gasteiger partial charge in [-0.1, -0.05) is 0 Å². The average Bonchev–Trinajstić information content (AvgIpc) is 3.27. The standard InChI is InChI=1S/C18H27NO3/c20-16(10-19-3-5-21-6-4-19)22-15-9-13-8-14(15)18-12-2-1-11(7-12)17(13)18/h11-15,17-18H,1-10H2. The minimum Gasteiger partial charge on any atom is -0.461 e. The van der Waals surface area contributed by atoms with E-state index in [0.717, 1.165) is 62.3 Å². The lowest BCUT2D eigenvalue weighted by molar-refractivity contribution is -0.156. The van der Waals surface area contributed by atoms with Gasteiger partial charge in [0, 0.05) is 13.1 Å². The molecule has 0 aromatic heterocycles. The van der Waals surface area contributed by atoms with Crippen molar-refractivity contribution >= 4 is 5.97 Å². The Balaban J connectivity index is 1.20. The monoisotopic (exact) mass is 305 g/mol. The lowest BCUT2D eigenvalue weighted by Crippen LogP contribution is -2.42. The molecule has 5 aliphatic rings. The van der Waals surface area contributed by atoms with Crippen LogP contribution in [0.25, 0.3) is 0 Å². The molecule has 1 aliphatic heterocycles. The van der Waals surface area contributed by atoms with Crippen LogP contribution < -0.4 is 0 Å². The van der Waals surface area contributed by atoms with Crippen molar-refractivity contribution in [3.05, 3.63) is 0 Å². The first-order chi connectivity index (χ1) is 10.8. The first kappa shape index (κ1) is 13.8. The number of carbonyl (C=O) groups is 1. The van der Waals surface area contributed by atoms with Crippen molar-refractivity contribution < 1.29 is 14.3 Å². The summed E-state index contributed by atoms with van der Waals surface area (Å²) in [4.78, 5) is 14.5. The predicted molar refractivity (Wildman–Crippen MR) is 81.2 cm³/mol. The molecule has 5 rings (SSSR count). The number of hydrogen-bond acceptors (Lipinski definition) is 4. The molecule has 1 saturated heterocycles. The molecule has 0 aromatic rings. The van der Waals surface area contributed by atoms with E-state index in [1.807, 2.05) is 0 Å². The van der Waals surface area contributed by atoms with E-state index >= 15 is 0 Å². The van der Waals surface area contributed by atoms with Crippen molar-refractivity contribution in [2.24, 2.45) is 35.5 Å². The van der Waals surface area contributed by atoms with Gasteiger partial charge in [-0.3, -0.25) is 9.69 Å². The Labute approximate surface area is 132 Å². The van der Waals surface area contributed by atoms with Gasteiger partial charge in [0.15, 0.2) is 0 Å². The van der Waals surface area contributed by atoms with E-state index in [1.165, 1.54) is 25.7 Å². The summed E-state index contributed by atoms with van der Waals surface area (Å²) in [7, 11) is 0. The van der Waals surface area contributed by atoms with E-state index in [2.05, 4.69) is 4.90 Å². The second kappa shape index (κ2) is 5.20. The SMILES string of the molecule is O=C(CN1CCOCC1)OC1CC2CC1C1C3CCC(C3)C21. The van der Waals surface area contributed by atoms with Gasteiger partial charge in [-0.05, 0) is 67.6 Å². The van der Waals surface area contributed by atoms with Crippen molar-refractivity contribution in [2.45, 2.75) is 38.2 Å². The molecule has 0 aromatic carbocycles. The van der Waals surface area contributed by atoms with Gasteiger partial charge in [-0.15, -0.1) is 0 Å². The Kier molecular flexibility index (Phi) is 3.26. The number of esters is 1. The summed E-state index contributed by atoms with van der Waals surface area (Å²) in [5, 5.41) is 0. The summed E-state index contributed by atoms with van der Waals surface area (Å²) in [6.07, 6.45) is 7.15. The first-order valence-corrected chi connectivity index (χ1v) is 9.29. The molecule has 4 bridgehead atoms. The predicted octanol–water partition coefficient (Wildman–Crippen LogP) is 1.93. The average molecular weight is 305 g/mol. The van der Waals surface area contributed by atoms with Crippen LogP contribution in [-0.2, 0) is 14.3 Å². The van der Waals surface area contributed by atoms with Gasteiger partial charge < -0.3 is 9.47 Å². The highest BCUT2D eigenvalue weighted by atomic mass is 16.5. The highest BCUT2D eigenvalue weighted by Gasteiger charge is 2.63. The molecular formula is C18H27NO3. The molecule has 7 atom stereocenters. The summed E-state index contributed by atoms with van der Waals surface area (Å²) in [6, 6.07) is 0. The van der Waals surface area contributed by atoms with Crippen molar-refractivity contribution in [3.8, 4) is 0 Å². The van der Waals surface area contributed by atoms with Crippen LogP contribution in [0.2, 0.25) is 0 Å². The smallest absolute Gasteiger partial charge is 0.320 e. The van der Waals surface area contributed by atoms with Crippen LogP contribution in [0, 0.1) is 35.5 Å². The molecule has 7 unspecified atom stereocenters. The number of hydrogen-bond donors (Lipinski definition) is 0. The Morgan fingerprint density at radius 3 is 2.59 bits per heavy atom. The first-order valence-electron chi connectivity index (χ1n) is 9.29. The third-order valence-electron chi connectivity index (χ3n) is 7.41. The molecule has 4 nitrogen and oxygen atoms in total. The van der Waals surface area contributed by atoms with Crippen molar-refractivity contribution in [2.75, 3.05) is 32.8 Å². The van der Waals surface area contributed by atoms with E-state index < -0.39 is 0 Å². The largest absolute Gasteiger partial charge is 0.461 e. The minimum atomic E-state index is -0.000781. The second-order valence-electron chi connectivity index (χ2n) is 8.30. The van der Waals surface area contributed by atoms with Crippen molar-refractivity contribution in [3.63, 3.8) is 0 Å². The van der Waals surface area contributed by atoms with Crippen molar-refractivity contribution in [1.82, 2.24) is 4.90 Å². The fourth-order valence-electron chi connectivity index (χ4n) is 6.79. The second-order valence-corrected chi connectivity index (χ2v) is 8.30. The number of fused-ring (bicyclic) bond motifs is 9. The van der Waals surface area contributed by atoms with Crippen LogP contribution in [0.1, 0.15) is 32.1 Å². The van der Waals surface area contributed by atoms with Gasteiger partial charge in [0.1, 0.15) is 6.10 Å². The quantitative estimate of drug-likeness (QED) is 0.590. The third kappa shape index (κ3) is 2.06. The van der Waals surface area contributed by atoms with E-state index in [9.17, 15) is 4.79 Å². The molecule has 1 heterocycles. The molecule has 4 aliphatic carbocycles. The van der Waals surface area contributed by atoms with Crippen LogP contribution in [0.3, 0.4) is 0 Å². The molecule has 0 spiro atoms. The minimum absolute atomic E-state index is 0.000781. The lowest BCUT2D eigenvalue weighted by atomic mass is 9.70. The molecule has 5 fully saturated rings. The highest BCUT2D eigenvalue weighted by Crippen LogP contribution is 2.67. The van der Waals surface area contributed by atoms with Crippen LogP contribution in [0.4, 0.5) is 0 Å². The Morgan fingerprint density at radius 2 is 1.77 bits per heavy atom. The maximum atomic E-state index is 12.3. The topological polar surface area (TPSA) is 38.8 Å². The van der Waals surface area contributed by atoms with E-state index in [4.69, 9.17) is 9.47 Å². The van der Waals surface area contributed by atoms with Gasteiger partial charge >= 0.3 is 5.97 Å². The molecule has 122 valence electrons. The van der Waals surface area contributed by atoms with Gasteiger partial charge in [-0.2, -0.15) is 0 Å². The number of carbonyl (C=O) groups excluding carboxylic acids is 1. The number of ether oxygens (including phenoxy) is 2. The number of rotatable bonds is 3. The number of morpholine rings is 1. The Morgan fingerprint density at radius 1 is 1.00 bits per heavy atom. The van der Waals surface area contributed by atoms with Gasteiger partial charge in [0.05, 0.1) is 19.8 Å². The Bertz CT molecular complexity index is 461. The molecule has 0 amide bonds. The highest BCUT2D eigenvalue weighted by molar-refractivity contribution is 5.72. The summed E-state index contributed by atoms with van der Waals surface area (Å²) < 4.78 is 11.3. The Hall–Kier alpha value is -0.610. The molecular weight excluding hydrogens is 278 g/mol. The van der Waals surface area contributed by atoms with Crippen LogP contribution in [0.5, 0.6) is 0 Å².